The Morgan fingerprint density at radius 3 is 1.72 bits per heavy atom. The first kappa shape index (κ1) is 40.6. The number of rotatable bonds is 2. The van der Waals surface area contributed by atoms with Gasteiger partial charge in [-0.3, -0.25) is 9.59 Å². The number of nitrogens with zero attached hydrogens (tertiary/aromatic N) is 4. The van der Waals surface area contributed by atoms with E-state index in [1.807, 2.05) is 69.3 Å². The zero-order chi connectivity index (χ0) is 41.7. The monoisotopic (exact) mass is 806 g/mol. The third-order valence-electron chi connectivity index (χ3n) is 11.2. The number of hydrogen-bond donors (Lipinski definition) is 2. The minimum atomic E-state index is -1.79. The van der Waals surface area contributed by atoms with Crippen LogP contribution in [0.5, 0.6) is 0 Å². The van der Waals surface area contributed by atoms with Gasteiger partial charge in [-0.05, 0) is 61.7 Å². The van der Waals surface area contributed by atoms with Gasteiger partial charge in [0.15, 0.2) is 11.2 Å². The van der Waals surface area contributed by atoms with E-state index in [-0.39, 0.29) is 44.6 Å². The lowest BCUT2D eigenvalue weighted by atomic mass is 9.86. The van der Waals surface area contributed by atoms with Crippen molar-refractivity contribution in [2.24, 2.45) is 0 Å². The van der Waals surface area contributed by atoms with Crippen molar-refractivity contribution < 1.29 is 30.6 Å². The van der Waals surface area contributed by atoms with Gasteiger partial charge < -0.3 is 28.8 Å². The van der Waals surface area contributed by atoms with E-state index in [1.54, 1.807) is 35.1 Å². The molecule has 2 aromatic carbocycles. The molecule has 6 aromatic rings. The number of ether oxygens (including phenoxy) is 2. The summed E-state index contributed by atoms with van der Waals surface area (Å²) in [4.78, 5) is 59.9. The summed E-state index contributed by atoms with van der Waals surface area (Å²) in [6.07, 6.45) is 0.276. The van der Waals surface area contributed by atoms with E-state index in [9.17, 15) is 29.4 Å². The predicted molar refractivity (Wildman–Crippen MR) is 227 cm³/mol. The first-order valence-corrected chi connectivity index (χ1v) is 19.8. The Morgan fingerprint density at radius 2 is 1.21 bits per heavy atom. The molecule has 302 valence electrons. The highest BCUT2D eigenvalue weighted by atomic mass is 31.0. The number of carbonyl (C=O) groups excluding carboxylic acids is 2. The van der Waals surface area contributed by atoms with E-state index in [2.05, 4.69) is 15.3 Å². The van der Waals surface area contributed by atoms with Crippen LogP contribution in [0.1, 0.15) is 88.3 Å². The molecule has 10 rings (SSSR count). The molecule has 0 amide bonds. The number of para-hydroxylation sites is 1. The maximum absolute atomic E-state index is 13.1. The lowest BCUT2D eigenvalue weighted by Crippen LogP contribution is -2.44. The van der Waals surface area contributed by atoms with Crippen LogP contribution in [0, 0.1) is 6.92 Å². The zero-order valence-electron chi connectivity index (χ0n) is 33.5. The third kappa shape index (κ3) is 6.34. The number of aliphatic hydroxyl groups is 2. The third-order valence-corrected chi connectivity index (χ3v) is 11.2. The Morgan fingerprint density at radius 1 is 0.741 bits per heavy atom. The van der Waals surface area contributed by atoms with Crippen LogP contribution in [0.25, 0.3) is 44.6 Å². The van der Waals surface area contributed by atoms with Gasteiger partial charge >= 0.3 is 11.9 Å². The molecule has 2 N–H and O–H groups in total. The Balaban J connectivity index is 0.000000177. The molecule has 4 aliphatic rings. The summed E-state index contributed by atoms with van der Waals surface area (Å²) >= 11 is 0. The molecule has 0 radical (unpaired) electrons. The van der Waals surface area contributed by atoms with Crippen molar-refractivity contribution >= 4 is 43.0 Å². The van der Waals surface area contributed by atoms with Crippen LogP contribution in [-0.4, -0.2) is 47.9 Å². The highest BCUT2D eigenvalue weighted by molar-refractivity contribution is 7.15. The first-order valence-electron chi connectivity index (χ1n) is 19.7. The minimum Gasteiger partial charge on any atom is -0.458 e. The summed E-state index contributed by atoms with van der Waals surface area (Å²) in [5.41, 5.74) is 4.79. The van der Waals surface area contributed by atoms with E-state index >= 15 is 0 Å². The van der Waals surface area contributed by atoms with Crippen LogP contribution in [0.2, 0.25) is 0 Å². The molecule has 13 heteroatoms. The average Bonchev–Trinajstić information content (AvgIpc) is 3.79. The van der Waals surface area contributed by atoms with E-state index in [0.29, 0.717) is 53.4 Å². The van der Waals surface area contributed by atoms with Crippen molar-refractivity contribution in [2.45, 2.75) is 92.4 Å². The number of hydrogen-bond acceptors (Lipinski definition) is 10. The second-order valence-electron chi connectivity index (χ2n) is 14.0. The second kappa shape index (κ2) is 16.0. The van der Waals surface area contributed by atoms with E-state index < -0.39 is 23.1 Å². The Bertz CT molecular complexity index is 2780. The highest BCUT2D eigenvalue weighted by Crippen LogP contribution is 2.40. The molecule has 0 fully saturated rings. The number of carbonyl (C=O) groups is 2. The molecule has 3 atom stereocenters. The molecule has 0 aliphatic carbocycles. The minimum absolute atomic E-state index is 0. The number of benzene rings is 2. The quantitative estimate of drug-likeness (QED) is 0.143. The SMILES string of the molecule is C.CC.CC[C@@]1(O)C(=O)OCc2c1cc1n(c2=O)Cc2cc3c(C)cccc3nc2-1.CC[C@@]1(O)C(=O)OCc2c1cc1n(c2=O)Cc2cc3ccccc3nc2-1.[3H]CP. The van der Waals surface area contributed by atoms with Crippen molar-refractivity contribution in [1.82, 2.24) is 19.1 Å². The number of aryl methyl sites for hydroxylation is 1. The lowest BCUT2D eigenvalue weighted by molar-refractivity contribution is -0.172. The van der Waals surface area contributed by atoms with Gasteiger partial charge in [0, 0.05) is 34.4 Å². The summed E-state index contributed by atoms with van der Waals surface area (Å²) in [7, 11) is 2.25. The maximum atomic E-state index is 13.1. The van der Waals surface area contributed by atoms with Crippen LogP contribution in [0.4, 0.5) is 0 Å². The molecule has 12 nitrogen and oxygen atoms in total. The molecular formula is C45H49N4O8P. The van der Waals surface area contributed by atoms with E-state index in [0.717, 1.165) is 49.9 Å². The van der Waals surface area contributed by atoms with E-state index in [1.165, 1.54) is 0 Å². The molecule has 4 aromatic heterocycles. The van der Waals surface area contributed by atoms with E-state index in [4.69, 9.17) is 20.8 Å². The fourth-order valence-electron chi connectivity index (χ4n) is 8.08. The molecule has 4 aliphatic heterocycles. The molecule has 0 spiro atoms. The normalized spacial score (nSPS) is 19.0. The Kier molecular flexibility index (Phi) is 11.2. The highest BCUT2D eigenvalue weighted by Gasteiger charge is 2.46. The van der Waals surface area contributed by atoms with Crippen LogP contribution in [-0.2, 0) is 56.6 Å². The number of aromatic nitrogens is 4. The largest absolute Gasteiger partial charge is 0.458 e. The van der Waals surface area contributed by atoms with Gasteiger partial charge in [-0.1, -0.05) is 72.1 Å². The van der Waals surface area contributed by atoms with Crippen LogP contribution < -0.4 is 11.1 Å². The number of fused-ring (bicyclic) bond motifs is 10. The van der Waals surface area contributed by atoms with Crippen molar-refractivity contribution in [1.29, 1.82) is 0 Å². The maximum Gasteiger partial charge on any atom is 0.343 e. The summed E-state index contributed by atoms with van der Waals surface area (Å²) in [5.74, 6) is -1.41. The van der Waals surface area contributed by atoms with Gasteiger partial charge in [-0.2, -0.15) is 0 Å². The number of cyclic esters (lactones) is 2. The molecule has 0 saturated carbocycles. The van der Waals surface area contributed by atoms with Crippen molar-refractivity contribution in [2.75, 3.05) is 6.64 Å². The Hall–Kier alpha value is -5.55. The fourth-order valence-corrected chi connectivity index (χ4v) is 8.08. The van der Waals surface area contributed by atoms with Crippen molar-refractivity contribution in [3.63, 3.8) is 0 Å². The van der Waals surface area contributed by atoms with Crippen LogP contribution >= 0.6 is 9.24 Å². The average molecular weight is 807 g/mol. The first-order chi connectivity index (χ1) is 27.9. The van der Waals surface area contributed by atoms with Gasteiger partial charge in [-0.15, -0.1) is 9.24 Å². The summed E-state index contributed by atoms with van der Waals surface area (Å²) < 4.78 is 19.6. The number of esters is 2. The molecule has 0 bridgehead atoms. The van der Waals surface area contributed by atoms with Crippen molar-refractivity contribution in [3.8, 4) is 22.8 Å². The van der Waals surface area contributed by atoms with Gasteiger partial charge in [-0.25, -0.2) is 19.6 Å². The molecular weight excluding hydrogens is 755 g/mol. The van der Waals surface area contributed by atoms with Gasteiger partial charge in [0.25, 0.3) is 11.1 Å². The summed E-state index contributed by atoms with van der Waals surface area (Å²) in [6, 6.07) is 21.3. The van der Waals surface area contributed by atoms with Gasteiger partial charge in [0.1, 0.15) is 13.2 Å². The molecule has 1 unspecified atom stereocenters. The smallest absolute Gasteiger partial charge is 0.343 e. The fraction of sp³-hybridized carbons (Fsp3) is 0.333. The number of pyridine rings is 4. The van der Waals surface area contributed by atoms with Gasteiger partial charge in [0.2, 0.25) is 0 Å². The van der Waals surface area contributed by atoms with Crippen molar-refractivity contribution in [3.05, 3.63) is 126 Å². The topological polar surface area (TPSA) is 163 Å². The predicted octanol–water partition coefficient (Wildman–Crippen LogP) is 6.62. The zero-order valence-corrected chi connectivity index (χ0v) is 33.7. The summed E-state index contributed by atoms with van der Waals surface area (Å²) in [5, 5.41) is 23.8. The molecule has 0 saturated heterocycles. The van der Waals surface area contributed by atoms with Gasteiger partial charge in [0.05, 0.1) is 58.0 Å². The molecule has 58 heavy (non-hydrogen) atoms. The standard InChI is InChI=1S/C21H18N2O4.C20H16N2O4.C2H6.CH5P.CH4/c1-3-21(26)15-8-17-18-12(7-13-11(2)5-4-6-16(13)22-18)9-23(17)19(24)14(15)10-27-20(21)25;1-2-20(25)14-8-16-17-12(7-11-5-3-4-6-15(11)21-17)9-22(16)18(23)13(14)10-26-19(20)24;2*1-2;/h4-8,26H,3,9-10H2,1-2H3;3-8,25H,2,9-10H2,1H3;1-2H3;2H2,1H3;1H4/t21-;20-;;;/m00.../s1/i;;;1T;. The second-order valence-corrected chi connectivity index (χ2v) is 14.0. The summed E-state index contributed by atoms with van der Waals surface area (Å²) in [6.45, 7) is 10.5. The van der Waals surface area contributed by atoms with Crippen LogP contribution in [0.3, 0.4) is 0 Å². The van der Waals surface area contributed by atoms with Crippen LogP contribution in [0.15, 0.2) is 76.3 Å². The Labute approximate surface area is 340 Å². The molecule has 8 heterocycles. The lowest BCUT2D eigenvalue weighted by Gasteiger charge is -2.31.